The van der Waals surface area contributed by atoms with Crippen molar-refractivity contribution >= 4 is 34.1 Å². The number of thiophene rings is 1. The van der Waals surface area contributed by atoms with Gasteiger partial charge in [0.15, 0.2) is 5.16 Å². The Hall–Kier alpha value is -2.16. The van der Waals surface area contributed by atoms with Crippen LogP contribution in [0.4, 0.5) is 0 Å². The van der Waals surface area contributed by atoms with Gasteiger partial charge in [-0.1, -0.05) is 35.1 Å². The SMILES string of the molecule is COCCn1c(SCCCc2nc(-c3cccs3)no2)nc2ccccc21. The molecule has 0 amide bonds. The lowest BCUT2D eigenvalue weighted by Crippen LogP contribution is -2.05. The molecule has 0 radical (unpaired) electrons. The lowest BCUT2D eigenvalue weighted by atomic mass is 10.3. The Labute approximate surface area is 165 Å². The first-order valence-corrected chi connectivity index (χ1v) is 10.6. The molecule has 4 rings (SSSR count). The molecule has 0 aliphatic rings. The van der Waals surface area contributed by atoms with Crippen molar-refractivity contribution in [2.24, 2.45) is 0 Å². The summed E-state index contributed by atoms with van der Waals surface area (Å²) in [5.41, 5.74) is 2.17. The Morgan fingerprint density at radius 1 is 1.19 bits per heavy atom. The smallest absolute Gasteiger partial charge is 0.227 e. The fourth-order valence-corrected chi connectivity index (χ4v) is 4.44. The molecule has 0 bridgehead atoms. The minimum absolute atomic E-state index is 0.668. The number of rotatable bonds is 9. The van der Waals surface area contributed by atoms with E-state index < -0.39 is 0 Å². The standard InChI is InChI=1S/C19H20N4O2S2/c1-24-11-10-23-15-7-3-2-6-14(15)20-19(23)27-13-5-9-17-21-18(22-25-17)16-8-4-12-26-16/h2-4,6-8,12H,5,9-11,13H2,1H3. The second-order valence-corrected chi connectivity index (χ2v) is 7.98. The molecule has 1 aromatic carbocycles. The molecule has 0 aliphatic heterocycles. The highest BCUT2D eigenvalue weighted by molar-refractivity contribution is 7.99. The lowest BCUT2D eigenvalue weighted by Gasteiger charge is -2.07. The van der Waals surface area contributed by atoms with Gasteiger partial charge >= 0.3 is 0 Å². The molecule has 0 saturated carbocycles. The van der Waals surface area contributed by atoms with Gasteiger partial charge in [0.25, 0.3) is 0 Å². The minimum atomic E-state index is 0.668. The number of hydrogen-bond acceptors (Lipinski definition) is 7. The Morgan fingerprint density at radius 3 is 2.96 bits per heavy atom. The summed E-state index contributed by atoms with van der Waals surface area (Å²) in [6.45, 7) is 1.47. The number of imidazole rings is 1. The Balaban J connectivity index is 1.36. The third-order valence-corrected chi connectivity index (χ3v) is 6.04. The number of methoxy groups -OCH3 is 1. The van der Waals surface area contributed by atoms with Gasteiger partial charge in [0, 0.05) is 25.8 Å². The molecule has 0 unspecified atom stereocenters. The van der Waals surface area contributed by atoms with Crippen molar-refractivity contribution in [3.63, 3.8) is 0 Å². The van der Waals surface area contributed by atoms with Crippen LogP contribution in [0.5, 0.6) is 0 Å². The molecule has 0 spiro atoms. The fourth-order valence-electron chi connectivity index (χ4n) is 2.81. The molecule has 0 atom stereocenters. The molecule has 140 valence electrons. The molecule has 3 heterocycles. The Morgan fingerprint density at radius 2 is 2.11 bits per heavy atom. The van der Waals surface area contributed by atoms with Crippen molar-refractivity contribution in [3.05, 3.63) is 47.7 Å². The Bertz CT molecular complexity index is 994. The van der Waals surface area contributed by atoms with E-state index in [4.69, 9.17) is 14.2 Å². The van der Waals surface area contributed by atoms with Crippen molar-refractivity contribution in [1.82, 2.24) is 19.7 Å². The number of thioether (sulfide) groups is 1. The van der Waals surface area contributed by atoms with Crippen LogP contribution in [-0.4, -0.2) is 39.2 Å². The zero-order chi connectivity index (χ0) is 18.5. The predicted octanol–water partition coefficient (Wildman–Crippen LogP) is 4.52. The quantitative estimate of drug-likeness (QED) is 0.304. The average molecular weight is 401 g/mol. The number of para-hydroxylation sites is 2. The first-order valence-electron chi connectivity index (χ1n) is 8.78. The van der Waals surface area contributed by atoms with E-state index in [2.05, 4.69) is 20.8 Å². The van der Waals surface area contributed by atoms with E-state index in [0.29, 0.717) is 18.3 Å². The molecule has 3 aromatic heterocycles. The van der Waals surface area contributed by atoms with Crippen LogP contribution in [0, 0.1) is 0 Å². The van der Waals surface area contributed by atoms with Gasteiger partial charge in [-0.25, -0.2) is 4.98 Å². The molecule has 4 aromatic rings. The van der Waals surface area contributed by atoms with Gasteiger partial charge in [0.1, 0.15) is 0 Å². The van der Waals surface area contributed by atoms with Gasteiger partial charge in [-0.15, -0.1) is 11.3 Å². The summed E-state index contributed by atoms with van der Waals surface area (Å²) in [6, 6.07) is 12.2. The molecule has 27 heavy (non-hydrogen) atoms. The van der Waals surface area contributed by atoms with Crippen molar-refractivity contribution in [1.29, 1.82) is 0 Å². The highest BCUT2D eigenvalue weighted by atomic mass is 32.2. The molecule has 0 saturated heterocycles. The van der Waals surface area contributed by atoms with Crippen molar-refractivity contribution in [3.8, 4) is 10.7 Å². The number of benzene rings is 1. The highest BCUT2D eigenvalue weighted by Gasteiger charge is 2.12. The zero-order valence-corrected chi connectivity index (χ0v) is 16.6. The van der Waals surface area contributed by atoms with Gasteiger partial charge < -0.3 is 13.8 Å². The third kappa shape index (κ3) is 4.23. The predicted molar refractivity (Wildman–Crippen MR) is 108 cm³/mol. The number of nitrogens with zero attached hydrogens (tertiary/aromatic N) is 4. The van der Waals surface area contributed by atoms with E-state index in [1.807, 2.05) is 35.7 Å². The number of fused-ring (bicyclic) bond motifs is 1. The van der Waals surface area contributed by atoms with Crippen LogP contribution < -0.4 is 0 Å². The number of hydrogen-bond donors (Lipinski definition) is 0. The molecule has 8 heteroatoms. The van der Waals surface area contributed by atoms with E-state index in [-0.39, 0.29) is 0 Å². The van der Waals surface area contributed by atoms with Crippen LogP contribution in [-0.2, 0) is 17.7 Å². The summed E-state index contributed by atoms with van der Waals surface area (Å²) >= 11 is 3.37. The number of ether oxygens (including phenoxy) is 1. The average Bonchev–Trinajstić information content (AvgIpc) is 3.43. The van der Waals surface area contributed by atoms with Crippen LogP contribution in [0.1, 0.15) is 12.3 Å². The van der Waals surface area contributed by atoms with E-state index in [1.165, 1.54) is 0 Å². The summed E-state index contributed by atoms with van der Waals surface area (Å²) in [4.78, 5) is 10.3. The van der Waals surface area contributed by atoms with Crippen LogP contribution >= 0.6 is 23.1 Å². The topological polar surface area (TPSA) is 66.0 Å². The van der Waals surface area contributed by atoms with Gasteiger partial charge in [0.05, 0.1) is 22.5 Å². The van der Waals surface area contributed by atoms with Gasteiger partial charge in [-0.05, 0) is 30.0 Å². The zero-order valence-electron chi connectivity index (χ0n) is 15.0. The largest absolute Gasteiger partial charge is 0.383 e. The first kappa shape index (κ1) is 18.2. The molecule has 6 nitrogen and oxygen atoms in total. The first-order chi connectivity index (χ1) is 13.3. The maximum Gasteiger partial charge on any atom is 0.227 e. The van der Waals surface area contributed by atoms with E-state index in [9.17, 15) is 0 Å². The normalized spacial score (nSPS) is 11.4. The highest BCUT2D eigenvalue weighted by Crippen LogP contribution is 2.25. The van der Waals surface area contributed by atoms with Crippen LogP contribution in [0.15, 0.2) is 51.5 Å². The maximum absolute atomic E-state index is 5.36. The number of aryl methyl sites for hydroxylation is 1. The summed E-state index contributed by atoms with van der Waals surface area (Å²) in [6.07, 6.45) is 1.72. The summed E-state index contributed by atoms with van der Waals surface area (Å²) < 4.78 is 12.8. The molecule has 0 fully saturated rings. The minimum Gasteiger partial charge on any atom is -0.383 e. The van der Waals surface area contributed by atoms with E-state index >= 15 is 0 Å². The monoisotopic (exact) mass is 400 g/mol. The van der Waals surface area contributed by atoms with E-state index in [0.717, 1.165) is 46.2 Å². The fraction of sp³-hybridized carbons (Fsp3) is 0.316. The van der Waals surface area contributed by atoms with Crippen LogP contribution in [0.2, 0.25) is 0 Å². The van der Waals surface area contributed by atoms with Crippen LogP contribution in [0.25, 0.3) is 21.7 Å². The second-order valence-electron chi connectivity index (χ2n) is 5.97. The van der Waals surface area contributed by atoms with Gasteiger partial charge in [-0.3, -0.25) is 0 Å². The van der Waals surface area contributed by atoms with Crippen molar-refractivity contribution in [2.75, 3.05) is 19.5 Å². The summed E-state index contributed by atoms with van der Waals surface area (Å²) in [5, 5.41) is 7.10. The number of aromatic nitrogens is 4. The van der Waals surface area contributed by atoms with Gasteiger partial charge in [-0.2, -0.15) is 4.98 Å². The molecular weight excluding hydrogens is 380 g/mol. The van der Waals surface area contributed by atoms with Gasteiger partial charge in [0.2, 0.25) is 11.7 Å². The van der Waals surface area contributed by atoms with Crippen molar-refractivity contribution in [2.45, 2.75) is 24.5 Å². The molecular formula is C19H20N4O2S2. The third-order valence-electron chi connectivity index (χ3n) is 4.11. The van der Waals surface area contributed by atoms with Crippen molar-refractivity contribution < 1.29 is 9.26 Å². The summed E-state index contributed by atoms with van der Waals surface area (Å²) in [7, 11) is 1.72. The Kier molecular flexibility index (Phi) is 5.86. The molecule has 0 aliphatic carbocycles. The lowest BCUT2D eigenvalue weighted by molar-refractivity contribution is 0.186. The molecule has 0 N–H and O–H groups in total. The second kappa shape index (κ2) is 8.69. The van der Waals surface area contributed by atoms with E-state index in [1.54, 1.807) is 30.2 Å². The summed E-state index contributed by atoms with van der Waals surface area (Å²) in [5.74, 6) is 2.30. The maximum atomic E-state index is 5.36. The van der Waals surface area contributed by atoms with Crippen LogP contribution in [0.3, 0.4) is 0 Å².